The number of hydrogen-bond acceptors (Lipinski definition) is 4. The molecule has 0 radical (unpaired) electrons. The second-order valence-corrected chi connectivity index (χ2v) is 6.07. The molecule has 154 valence electrons. The molecule has 0 amide bonds. The monoisotopic (exact) mass is 500 g/mol. The number of ether oxygens (including phenoxy) is 2. The molecule has 0 saturated heterocycles. The molecule has 0 aliphatic rings. The number of nitrogens with two attached hydrogens (primary N) is 1. The Hall–Kier alpha value is -2.23. The maximum atomic E-state index is 11.6. The normalized spacial score (nSPS) is 10.9. The van der Waals surface area contributed by atoms with Gasteiger partial charge < -0.3 is 25.1 Å². The summed E-state index contributed by atoms with van der Waals surface area (Å²) in [4.78, 5) is 15.9. The van der Waals surface area contributed by atoms with Gasteiger partial charge in [0.2, 0.25) is 5.56 Å². The smallest absolute Gasteiger partial charge is 0.250 e. The highest BCUT2D eigenvalue weighted by Crippen LogP contribution is 2.27. The van der Waals surface area contributed by atoms with Gasteiger partial charge in [-0.2, -0.15) is 0 Å². The molecule has 0 atom stereocenters. The van der Waals surface area contributed by atoms with Crippen LogP contribution in [0, 0.1) is 0 Å². The van der Waals surface area contributed by atoms with Crippen LogP contribution < -0.4 is 26.1 Å². The maximum Gasteiger partial charge on any atom is 0.250 e. The van der Waals surface area contributed by atoms with Crippen LogP contribution in [0.25, 0.3) is 0 Å². The highest BCUT2D eigenvalue weighted by Gasteiger charge is 2.04. The number of benzene rings is 1. The van der Waals surface area contributed by atoms with Crippen molar-refractivity contribution < 1.29 is 9.47 Å². The molecule has 28 heavy (non-hydrogen) atoms. The first kappa shape index (κ1) is 23.8. The molecule has 0 saturated carbocycles. The van der Waals surface area contributed by atoms with Crippen LogP contribution in [0.15, 0.2) is 52.4 Å². The summed E-state index contributed by atoms with van der Waals surface area (Å²) >= 11 is 0. The highest BCUT2D eigenvalue weighted by molar-refractivity contribution is 14.0. The average molecular weight is 500 g/mol. The largest absolute Gasteiger partial charge is 0.493 e. The Labute approximate surface area is 183 Å². The van der Waals surface area contributed by atoms with E-state index in [4.69, 9.17) is 15.2 Å². The molecule has 2 aromatic rings. The van der Waals surface area contributed by atoms with Gasteiger partial charge in [0.1, 0.15) is 0 Å². The minimum absolute atomic E-state index is 0. The summed E-state index contributed by atoms with van der Waals surface area (Å²) in [5.74, 6) is 1.87. The second kappa shape index (κ2) is 13.0. The van der Waals surface area contributed by atoms with E-state index in [-0.39, 0.29) is 29.5 Å². The van der Waals surface area contributed by atoms with Gasteiger partial charge in [-0.1, -0.05) is 12.1 Å². The number of nitrogens with one attached hydrogen (secondary N) is 1. The SMILES string of the molecule is COc1ccc(CCNC(N)=NCCCCn2ccccc2=O)cc1OC.I. The topological polar surface area (TPSA) is 90.9 Å². The van der Waals surface area contributed by atoms with Crippen LogP contribution in [0.2, 0.25) is 0 Å². The quantitative estimate of drug-likeness (QED) is 0.226. The standard InChI is InChI=1S/C20H28N4O3.HI/c1-26-17-9-8-16(15-18(17)27-2)10-12-23-20(21)22-11-4-6-14-24-13-5-3-7-19(24)25;/h3,5,7-9,13,15H,4,6,10-12,14H2,1-2H3,(H3,21,22,23);1H. The number of hydrogen-bond donors (Lipinski definition) is 2. The van der Waals surface area contributed by atoms with Crippen LogP contribution in [0.5, 0.6) is 11.5 Å². The number of halogens is 1. The molecule has 2 rings (SSSR count). The van der Waals surface area contributed by atoms with E-state index in [2.05, 4.69) is 10.3 Å². The fraction of sp³-hybridized carbons (Fsp3) is 0.400. The number of aliphatic imine (C=N–C) groups is 1. The lowest BCUT2D eigenvalue weighted by Crippen LogP contribution is -2.33. The summed E-state index contributed by atoms with van der Waals surface area (Å²) in [6.07, 6.45) is 4.36. The van der Waals surface area contributed by atoms with E-state index >= 15 is 0 Å². The first-order valence-corrected chi connectivity index (χ1v) is 9.04. The Kier molecular flexibility index (Phi) is 11.1. The summed E-state index contributed by atoms with van der Waals surface area (Å²) in [6.45, 7) is 2.02. The maximum absolute atomic E-state index is 11.6. The van der Waals surface area contributed by atoms with Crippen LogP contribution in [0.1, 0.15) is 18.4 Å². The Bertz CT molecular complexity index is 808. The number of methoxy groups -OCH3 is 2. The lowest BCUT2D eigenvalue weighted by Gasteiger charge is -2.10. The van der Waals surface area contributed by atoms with Gasteiger partial charge in [0.15, 0.2) is 17.5 Å². The zero-order valence-corrected chi connectivity index (χ0v) is 18.7. The van der Waals surface area contributed by atoms with Crippen LogP contribution in [0.3, 0.4) is 0 Å². The molecular weight excluding hydrogens is 471 g/mol. The van der Waals surface area contributed by atoms with Gasteiger partial charge >= 0.3 is 0 Å². The number of aryl methyl sites for hydroxylation is 1. The number of rotatable bonds is 10. The van der Waals surface area contributed by atoms with Gasteiger partial charge in [0.05, 0.1) is 14.2 Å². The summed E-state index contributed by atoms with van der Waals surface area (Å²) in [5, 5.41) is 3.12. The Morgan fingerprint density at radius 3 is 2.64 bits per heavy atom. The van der Waals surface area contributed by atoms with Crippen LogP contribution in [-0.4, -0.2) is 37.8 Å². The van der Waals surface area contributed by atoms with Crippen molar-refractivity contribution >= 4 is 29.9 Å². The van der Waals surface area contributed by atoms with E-state index in [1.165, 1.54) is 0 Å². The molecule has 0 fully saturated rings. The van der Waals surface area contributed by atoms with Crippen molar-refractivity contribution in [1.82, 2.24) is 9.88 Å². The third-order valence-electron chi connectivity index (χ3n) is 4.16. The number of aromatic nitrogens is 1. The fourth-order valence-corrected chi connectivity index (χ4v) is 2.67. The minimum atomic E-state index is 0. The minimum Gasteiger partial charge on any atom is -0.493 e. The average Bonchev–Trinajstić information content (AvgIpc) is 2.69. The summed E-state index contributed by atoms with van der Waals surface area (Å²) < 4.78 is 12.2. The van der Waals surface area contributed by atoms with Crippen LogP contribution in [0.4, 0.5) is 0 Å². The molecule has 1 heterocycles. The molecular formula is C20H29IN4O3. The van der Waals surface area contributed by atoms with Crippen LogP contribution >= 0.6 is 24.0 Å². The van der Waals surface area contributed by atoms with Crippen LogP contribution in [-0.2, 0) is 13.0 Å². The van der Waals surface area contributed by atoms with E-state index in [0.29, 0.717) is 37.1 Å². The molecule has 0 aliphatic heterocycles. The predicted molar refractivity (Wildman–Crippen MR) is 123 cm³/mol. The fourth-order valence-electron chi connectivity index (χ4n) is 2.67. The number of guanidine groups is 1. The summed E-state index contributed by atoms with van der Waals surface area (Å²) in [6, 6.07) is 11.0. The third-order valence-corrected chi connectivity index (χ3v) is 4.16. The van der Waals surface area contributed by atoms with Gasteiger partial charge in [-0.05, 0) is 43.0 Å². The van der Waals surface area contributed by atoms with Crippen molar-refractivity contribution in [3.8, 4) is 11.5 Å². The van der Waals surface area contributed by atoms with E-state index < -0.39 is 0 Å². The number of nitrogens with zero attached hydrogens (tertiary/aromatic N) is 2. The Morgan fingerprint density at radius 2 is 1.93 bits per heavy atom. The van der Waals surface area contributed by atoms with Crippen molar-refractivity contribution in [3.05, 3.63) is 58.5 Å². The van der Waals surface area contributed by atoms with E-state index in [0.717, 1.165) is 24.8 Å². The van der Waals surface area contributed by atoms with Crippen molar-refractivity contribution in [2.75, 3.05) is 27.3 Å². The first-order chi connectivity index (χ1) is 13.1. The van der Waals surface area contributed by atoms with Crippen molar-refractivity contribution in [2.45, 2.75) is 25.8 Å². The van der Waals surface area contributed by atoms with Gasteiger partial charge in [0, 0.05) is 31.9 Å². The molecule has 1 aromatic carbocycles. The van der Waals surface area contributed by atoms with Gasteiger partial charge in [-0.25, -0.2) is 0 Å². The summed E-state index contributed by atoms with van der Waals surface area (Å²) in [5.41, 5.74) is 7.05. The van der Waals surface area contributed by atoms with E-state index in [9.17, 15) is 4.79 Å². The number of unbranched alkanes of at least 4 members (excludes halogenated alkanes) is 1. The third kappa shape index (κ3) is 7.79. The van der Waals surface area contributed by atoms with Crippen molar-refractivity contribution in [2.24, 2.45) is 10.7 Å². The molecule has 0 bridgehead atoms. The van der Waals surface area contributed by atoms with E-state index in [1.54, 1.807) is 37.1 Å². The molecule has 0 spiro atoms. The second-order valence-electron chi connectivity index (χ2n) is 6.07. The Morgan fingerprint density at radius 1 is 1.14 bits per heavy atom. The Balaban J connectivity index is 0.00000392. The van der Waals surface area contributed by atoms with Crippen molar-refractivity contribution in [1.29, 1.82) is 0 Å². The first-order valence-electron chi connectivity index (χ1n) is 9.04. The van der Waals surface area contributed by atoms with Gasteiger partial charge in [-0.15, -0.1) is 24.0 Å². The lowest BCUT2D eigenvalue weighted by molar-refractivity contribution is 0.354. The van der Waals surface area contributed by atoms with E-state index in [1.807, 2.05) is 24.3 Å². The lowest BCUT2D eigenvalue weighted by atomic mass is 10.1. The molecule has 7 nitrogen and oxygen atoms in total. The molecule has 0 aliphatic carbocycles. The molecule has 8 heteroatoms. The number of pyridine rings is 1. The van der Waals surface area contributed by atoms with Gasteiger partial charge in [0.25, 0.3) is 0 Å². The highest BCUT2D eigenvalue weighted by atomic mass is 127. The van der Waals surface area contributed by atoms with Crippen molar-refractivity contribution in [3.63, 3.8) is 0 Å². The zero-order chi connectivity index (χ0) is 19.5. The predicted octanol–water partition coefficient (Wildman–Crippen LogP) is 2.41. The molecule has 0 unspecified atom stereocenters. The molecule has 1 aromatic heterocycles. The molecule has 3 N–H and O–H groups in total. The zero-order valence-electron chi connectivity index (χ0n) is 16.4. The summed E-state index contributed by atoms with van der Waals surface area (Å²) in [7, 11) is 3.24. The van der Waals surface area contributed by atoms with Gasteiger partial charge in [-0.3, -0.25) is 9.79 Å².